The third-order valence-corrected chi connectivity index (χ3v) is 3.88. The molecule has 0 saturated carbocycles. The minimum Gasteiger partial charge on any atom is -0.489 e. The number of benzene rings is 1. The largest absolute Gasteiger partial charge is 0.489 e. The summed E-state index contributed by atoms with van der Waals surface area (Å²) in [5.74, 6) is 0.497. The van der Waals surface area contributed by atoms with Crippen molar-refractivity contribution < 1.29 is 17.9 Å². The summed E-state index contributed by atoms with van der Waals surface area (Å²) in [6.45, 7) is 0.791. The minimum absolute atomic E-state index is 0.0244. The number of pyridine rings is 1. The molecule has 7 heteroatoms. The summed E-state index contributed by atoms with van der Waals surface area (Å²) in [6.07, 6.45) is 1.57. The van der Waals surface area contributed by atoms with Crippen LogP contribution in [0.1, 0.15) is 0 Å². The zero-order valence-electron chi connectivity index (χ0n) is 10.2. The van der Waals surface area contributed by atoms with Crippen molar-refractivity contribution in [1.82, 2.24) is 4.98 Å². The molecule has 1 aromatic heterocycles. The van der Waals surface area contributed by atoms with Crippen LogP contribution < -0.4 is 4.74 Å². The molecule has 0 aliphatic rings. The molecule has 0 fully saturated rings. The lowest BCUT2D eigenvalue weighted by Gasteiger charge is -2.10. The van der Waals surface area contributed by atoms with Crippen molar-refractivity contribution in [1.29, 1.82) is 0 Å². The molecule has 0 unspecified atom stereocenters. The van der Waals surface area contributed by atoms with E-state index in [2.05, 4.69) is 4.98 Å². The second kappa shape index (κ2) is 5.73. The summed E-state index contributed by atoms with van der Waals surface area (Å²) in [5.41, 5.74) is 0.459. The van der Waals surface area contributed by atoms with Gasteiger partial charge in [0.15, 0.2) is 0 Å². The van der Waals surface area contributed by atoms with Crippen LogP contribution in [-0.4, -0.2) is 33.7 Å². The lowest BCUT2D eigenvalue weighted by Crippen LogP contribution is -2.05. The first kappa shape index (κ1) is 14.0. The molecule has 0 saturated heterocycles. The summed E-state index contributed by atoms with van der Waals surface area (Å²) in [6, 6.07) is 6.24. The molecule has 2 rings (SSSR count). The Morgan fingerprint density at radius 2 is 2.05 bits per heavy atom. The predicted molar refractivity (Wildman–Crippen MR) is 72.2 cm³/mol. The van der Waals surface area contributed by atoms with Crippen molar-refractivity contribution in [3.05, 3.63) is 30.5 Å². The van der Waals surface area contributed by atoms with E-state index in [-0.39, 0.29) is 4.90 Å². The van der Waals surface area contributed by atoms with Gasteiger partial charge in [-0.3, -0.25) is 4.98 Å². The summed E-state index contributed by atoms with van der Waals surface area (Å²) in [7, 11) is 3.15. The average Bonchev–Trinajstić information content (AvgIpc) is 2.37. The Kier molecular flexibility index (Phi) is 4.24. The SMILES string of the molecule is COCCOc1ccc(S(=O)(=O)Cl)c2cccnc12. The van der Waals surface area contributed by atoms with Gasteiger partial charge in [0.1, 0.15) is 17.9 Å². The molecule has 0 N–H and O–H groups in total. The highest BCUT2D eigenvalue weighted by molar-refractivity contribution is 8.14. The number of ether oxygens (including phenoxy) is 2. The Balaban J connectivity index is 2.52. The van der Waals surface area contributed by atoms with E-state index < -0.39 is 9.05 Å². The number of aromatic nitrogens is 1. The molecule has 102 valence electrons. The van der Waals surface area contributed by atoms with Gasteiger partial charge in [-0.1, -0.05) is 0 Å². The molecule has 0 aliphatic carbocycles. The van der Waals surface area contributed by atoms with Crippen molar-refractivity contribution in [2.45, 2.75) is 4.90 Å². The molecule has 0 aliphatic heterocycles. The molecule has 0 atom stereocenters. The Bertz CT molecular complexity index is 687. The fraction of sp³-hybridized carbons (Fsp3) is 0.250. The van der Waals surface area contributed by atoms with Gasteiger partial charge in [0.2, 0.25) is 0 Å². The van der Waals surface area contributed by atoms with Gasteiger partial charge >= 0.3 is 0 Å². The van der Waals surface area contributed by atoms with Crippen LogP contribution in [0.25, 0.3) is 10.9 Å². The van der Waals surface area contributed by atoms with E-state index in [9.17, 15) is 8.42 Å². The van der Waals surface area contributed by atoms with Crippen LogP contribution in [0.5, 0.6) is 5.75 Å². The standard InChI is InChI=1S/C12H12ClNO4S/c1-17-7-8-18-10-4-5-11(19(13,15)16)9-3-2-6-14-12(9)10/h2-6H,7-8H2,1H3. The highest BCUT2D eigenvalue weighted by atomic mass is 35.7. The fourth-order valence-electron chi connectivity index (χ4n) is 1.68. The molecule has 19 heavy (non-hydrogen) atoms. The number of halogens is 1. The number of methoxy groups -OCH3 is 1. The molecular formula is C12H12ClNO4S. The first-order chi connectivity index (χ1) is 9.04. The summed E-state index contributed by atoms with van der Waals surface area (Å²) < 4.78 is 33.4. The van der Waals surface area contributed by atoms with E-state index in [1.807, 2.05) is 0 Å². The summed E-state index contributed by atoms with van der Waals surface area (Å²) >= 11 is 0. The van der Waals surface area contributed by atoms with E-state index in [0.29, 0.717) is 29.9 Å². The van der Waals surface area contributed by atoms with E-state index in [1.54, 1.807) is 31.5 Å². The molecule has 1 heterocycles. The number of hydrogen-bond acceptors (Lipinski definition) is 5. The van der Waals surface area contributed by atoms with Crippen molar-refractivity contribution in [3.63, 3.8) is 0 Å². The van der Waals surface area contributed by atoms with Crippen molar-refractivity contribution in [2.75, 3.05) is 20.3 Å². The number of rotatable bonds is 5. The molecule has 0 bridgehead atoms. The van der Waals surface area contributed by atoms with Gasteiger partial charge in [-0.05, 0) is 24.3 Å². The van der Waals surface area contributed by atoms with E-state index in [0.717, 1.165) is 0 Å². The van der Waals surface area contributed by atoms with Crippen molar-refractivity contribution >= 4 is 30.6 Å². The molecule has 5 nitrogen and oxygen atoms in total. The Hall–Kier alpha value is -1.37. The monoisotopic (exact) mass is 301 g/mol. The van der Waals surface area contributed by atoms with Gasteiger partial charge < -0.3 is 9.47 Å². The lowest BCUT2D eigenvalue weighted by atomic mass is 10.2. The zero-order valence-corrected chi connectivity index (χ0v) is 11.7. The van der Waals surface area contributed by atoms with E-state index >= 15 is 0 Å². The summed E-state index contributed by atoms with van der Waals surface area (Å²) in [5, 5.41) is 0.437. The van der Waals surface area contributed by atoms with Gasteiger partial charge in [-0.2, -0.15) is 0 Å². The highest BCUT2D eigenvalue weighted by Gasteiger charge is 2.17. The topological polar surface area (TPSA) is 65.5 Å². The highest BCUT2D eigenvalue weighted by Crippen LogP contribution is 2.30. The molecule has 2 aromatic rings. The quantitative estimate of drug-likeness (QED) is 0.625. The lowest BCUT2D eigenvalue weighted by molar-refractivity contribution is 0.147. The second-order valence-electron chi connectivity index (χ2n) is 3.74. The molecular weight excluding hydrogens is 290 g/mol. The van der Waals surface area contributed by atoms with Gasteiger partial charge in [0, 0.05) is 29.4 Å². The number of fused-ring (bicyclic) bond motifs is 1. The fourth-order valence-corrected chi connectivity index (χ4v) is 2.75. The zero-order chi connectivity index (χ0) is 13.9. The average molecular weight is 302 g/mol. The first-order valence-electron chi connectivity index (χ1n) is 5.48. The van der Waals surface area contributed by atoms with Crippen LogP contribution in [0.4, 0.5) is 0 Å². The van der Waals surface area contributed by atoms with Crippen LogP contribution in [-0.2, 0) is 13.8 Å². The third kappa shape index (κ3) is 3.15. The predicted octanol–water partition coefficient (Wildman–Crippen LogP) is 2.19. The van der Waals surface area contributed by atoms with Crippen LogP contribution in [0, 0.1) is 0 Å². The maximum Gasteiger partial charge on any atom is 0.261 e. The molecule has 0 radical (unpaired) electrons. The Morgan fingerprint density at radius 1 is 1.26 bits per heavy atom. The van der Waals surface area contributed by atoms with Crippen LogP contribution in [0.3, 0.4) is 0 Å². The van der Waals surface area contributed by atoms with Crippen LogP contribution >= 0.6 is 10.7 Å². The van der Waals surface area contributed by atoms with Crippen LogP contribution in [0.15, 0.2) is 35.4 Å². The van der Waals surface area contributed by atoms with Gasteiger partial charge in [0.05, 0.1) is 11.5 Å². The Morgan fingerprint density at radius 3 is 2.74 bits per heavy atom. The smallest absolute Gasteiger partial charge is 0.261 e. The molecule has 0 amide bonds. The maximum absolute atomic E-state index is 11.5. The molecule has 0 spiro atoms. The van der Waals surface area contributed by atoms with Gasteiger partial charge in [-0.25, -0.2) is 8.42 Å². The second-order valence-corrected chi connectivity index (χ2v) is 6.27. The maximum atomic E-state index is 11.5. The van der Waals surface area contributed by atoms with Gasteiger partial charge in [0.25, 0.3) is 9.05 Å². The van der Waals surface area contributed by atoms with Crippen molar-refractivity contribution in [3.8, 4) is 5.75 Å². The van der Waals surface area contributed by atoms with Crippen molar-refractivity contribution in [2.24, 2.45) is 0 Å². The van der Waals surface area contributed by atoms with E-state index in [1.165, 1.54) is 6.07 Å². The molecule has 1 aromatic carbocycles. The number of nitrogens with zero attached hydrogens (tertiary/aromatic N) is 1. The van der Waals surface area contributed by atoms with Gasteiger partial charge in [-0.15, -0.1) is 0 Å². The number of hydrogen-bond donors (Lipinski definition) is 0. The summed E-state index contributed by atoms with van der Waals surface area (Å²) in [4.78, 5) is 4.17. The Labute approximate surface area is 115 Å². The minimum atomic E-state index is -3.82. The van der Waals surface area contributed by atoms with E-state index in [4.69, 9.17) is 20.2 Å². The van der Waals surface area contributed by atoms with Crippen LogP contribution in [0.2, 0.25) is 0 Å². The first-order valence-corrected chi connectivity index (χ1v) is 7.79. The third-order valence-electron chi connectivity index (χ3n) is 2.50. The normalized spacial score (nSPS) is 11.7.